The minimum absolute atomic E-state index is 0.00197. The summed E-state index contributed by atoms with van der Waals surface area (Å²) in [5, 5.41) is 9.48. The summed E-state index contributed by atoms with van der Waals surface area (Å²) >= 11 is 0. The molecule has 1 aliphatic rings. The molecule has 1 heterocycles. The van der Waals surface area contributed by atoms with E-state index in [1.165, 1.54) is 14.0 Å². The Morgan fingerprint density at radius 1 is 1.35 bits per heavy atom. The summed E-state index contributed by atoms with van der Waals surface area (Å²) in [6.45, 7) is 3.09. The second-order valence-corrected chi connectivity index (χ2v) is 5.06. The van der Waals surface area contributed by atoms with Crippen LogP contribution < -0.4 is 15.2 Å². The molecule has 2 rings (SSSR count). The molecule has 0 saturated carbocycles. The van der Waals surface area contributed by atoms with Gasteiger partial charge in [0.15, 0.2) is 5.78 Å². The second kappa shape index (κ2) is 6.44. The highest BCUT2D eigenvalue weighted by molar-refractivity contribution is 5.97. The fourth-order valence-electron chi connectivity index (χ4n) is 2.70. The number of hydrogen-bond acceptors (Lipinski definition) is 6. The van der Waals surface area contributed by atoms with Crippen LogP contribution in [-0.4, -0.2) is 20.0 Å². The largest absolute Gasteiger partial charge is 0.497 e. The molecule has 0 spiro atoms. The number of allylic oxidation sites excluding steroid dienone is 3. The Morgan fingerprint density at radius 2 is 2.04 bits per heavy atom. The van der Waals surface area contributed by atoms with Gasteiger partial charge in [0, 0.05) is 17.2 Å². The van der Waals surface area contributed by atoms with Crippen molar-refractivity contribution in [2.24, 2.45) is 5.73 Å². The van der Waals surface area contributed by atoms with Crippen LogP contribution in [0.2, 0.25) is 0 Å². The van der Waals surface area contributed by atoms with E-state index < -0.39 is 5.92 Å². The molecule has 1 aliphatic heterocycles. The third kappa shape index (κ3) is 2.86. The molecule has 6 heteroatoms. The van der Waals surface area contributed by atoms with Gasteiger partial charge in [-0.05, 0) is 19.9 Å². The van der Waals surface area contributed by atoms with E-state index in [0.29, 0.717) is 28.4 Å². The van der Waals surface area contributed by atoms with Gasteiger partial charge in [0.05, 0.1) is 20.1 Å². The van der Waals surface area contributed by atoms with Crippen LogP contribution in [0, 0.1) is 11.3 Å². The van der Waals surface area contributed by atoms with Gasteiger partial charge in [0.25, 0.3) is 0 Å². The van der Waals surface area contributed by atoms with E-state index in [1.54, 1.807) is 32.2 Å². The lowest BCUT2D eigenvalue weighted by molar-refractivity contribution is -0.114. The van der Waals surface area contributed by atoms with Crippen molar-refractivity contribution < 1.29 is 19.0 Å². The number of nitrogens with two attached hydrogens (primary N) is 1. The molecule has 0 unspecified atom stereocenters. The van der Waals surface area contributed by atoms with Gasteiger partial charge >= 0.3 is 0 Å². The Balaban J connectivity index is 2.72. The Hall–Kier alpha value is -2.94. The van der Waals surface area contributed by atoms with Crippen molar-refractivity contribution in [3.8, 4) is 17.6 Å². The molecule has 1 atom stereocenters. The average molecular weight is 314 g/mol. The van der Waals surface area contributed by atoms with E-state index in [2.05, 4.69) is 0 Å². The fraction of sp³-hybridized carbons (Fsp3) is 0.294. The topological polar surface area (TPSA) is 94.6 Å². The normalized spacial score (nSPS) is 17.4. The Labute approximate surface area is 134 Å². The van der Waals surface area contributed by atoms with E-state index in [1.807, 2.05) is 6.07 Å². The van der Waals surface area contributed by atoms with Gasteiger partial charge in [-0.2, -0.15) is 5.26 Å². The Bertz CT molecular complexity index is 756. The maximum absolute atomic E-state index is 12.1. The number of nitrogens with zero attached hydrogens (tertiary/aromatic N) is 1. The summed E-state index contributed by atoms with van der Waals surface area (Å²) in [6.07, 6.45) is 0. The van der Waals surface area contributed by atoms with E-state index in [-0.39, 0.29) is 17.2 Å². The number of Topliss-reactive ketones (excluding diaryl/α,β-unsaturated/α-hetero) is 1. The number of methoxy groups -OCH3 is 2. The van der Waals surface area contributed by atoms with Gasteiger partial charge in [-0.3, -0.25) is 4.79 Å². The lowest BCUT2D eigenvalue weighted by atomic mass is 9.81. The van der Waals surface area contributed by atoms with Crippen LogP contribution in [0.4, 0.5) is 0 Å². The number of nitriles is 1. The molecular weight excluding hydrogens is 296 g/mol. The molecule has 120 valence electrons. The first-order valence-corrected chi connectivity index (χ1v) is 6.95. The molecule has 0 aromatic heterocycles. The summed E-state index contributed by atoms with van der Waals surface area (Å²) < 4.78 is 16.0. The van der Waals surface area contributed by atoms with Crippen LogP contribution in [0.3, 0.4) is 0 Å². The molecule has 0 amide bonds. The van der Waals surface area contributed by atoms with Crippen molar-refractivity contribution in [2.75, 3.05) is 14.2 Å². The first kappa shape index (κ1) is 16.4. The highest BCUT2D eigenvalue weighted by Crippen LogP contribution is 2.43. The Morgan fingerprint density at radius 3 is 2.57 bits per heavy atom. The number of benzene rings is 1. The van der Waals surface area contributed by atoms with E-state index in [4.69, 9.17) is 19.9 Å². The van der Waals surface area contributed by atoms with Crippen molar-refractivity contribution in [2.45, 2.75) is 19.8 Å². The highest BCUT2D eigenvalue weighted by atomic mass is 16.5. The van der Waals surface area contributed by atoms with Gasteiger partial charge < -0.3 is 19.9 Å². The number of carbonyl (C=O) groups excluding carboxylic acids is 1. The van der Waals surface area contributed by atoms with Crippen molar-refractivity contribution in [1.82, 2.24) is 0 Å². The first-order valence-electron chi connectivity index (χ1n) is 6.95. The maximum Gasteiger partial charge on any atom is 0.205 e. The summed E-state index contributed by atoms with van der Waals surface area (Å²) in [5.41, 5.74) is 7.07. The maximum atomic E-state index is 12.1. The summed E-state index contributed by atoms with van der Waals surface area (Å²) in [4.78, 5) is 12.1. The smallest absolute Gasteiger partial charge is 0.205 e. The van der Waals surface area contributed by atoms with Crippen LogP contribution in [0.5, 0.6) is 11.5 Å². The molecular formula is C17H18N2O4. The van der Waals surface area contributed by atoms with Crippen LogP contribution in [0.25, 0.3) is 0 Å². The summed E-state index contributed by atoms with van der Waals surface area (Å²) in [6, 6.07) is 7.24. The number of rotatable bonds is 4. The predicted molar refractivity (Wildman–Crippen MR) is 83.6 cm³/mol. The molecule has 0 radical (unpaired) electrons. The van der Waals surface area contributed by atoms with Gasteiger partial charge in [-0.25, -0.2) is 0 Å². The van der Waals surface area contributed by atoms with Crippen LogP contribution >= 0.6 is 0 Å². The van der Waals surface area contributed by atoms with Crippen molar-refractivity contribution in [1.29, 1.82) is 5.26 Å². The van der Waals surface area contributed by atoms with E-state index in [9.17, 15) is 10.1 Å². The molecule has 23 heavy (non-hydrogen) atoms. The minimum Gasteiger partial charge on any atom is -0.497 e. The highest BCUT2D eigenvalue weighted by Gasteiger charge is 2.35. The number of hydrogen-bond donors (Lipinski definition) is 1. The third-order valence-electron chi connectivity index (χ3n) is 3.74. The quantitative estimate of drug-likeness (QED) is 0.917. The minimum atomic E-state index is -0.632. The SMILES string of the molecule is COc1ccc([C@@H]2C(C#N)=C(N)OC(C)=C2C(C)=O)c(OC)c1. The summed E-state index contributed by atoms with van der Waals surface area (Å²) in [5.74, 6) is 0.675. The van der Waals surface area contributed by atoms with Crippen molar-refractivity contribution in [3.05, 3.63) is 46.6 Å². The predicted octanol–water partition coefficient (Wildman–Crippen LogP) is 2.37. The lowest BCUT2D eigenvalue weighted by Crippen LogP contribution is -2.23. The van der Waals surface area contributed by atoms with Crippen LogP contribution in [0.15, 0.2) is 41.0 Å². The van der Waals surface area contributed by atoms with Crippen molar-refractivity contribution in [3.63, 3.8) is 0 Å². The van der Waals surface area contributed by atoms with E-state index in [0.717, 1.165) is 0 Å². The zero-order chi connectivity index (χ0) is 17.1. The second-order valence-electron chi connectivity index (χ2n) is 5.06. The summed E-state index contributed by atoms with van der Waals surface area (Å²) in [7, 11) is 3.06. The van der Waals surface area contributed by atoms with Gasteiger partial charge in [-0.15, -0.1) is 0 Å². The third-order valence-corrected chi connectivity index (χ3v) is 3.74. The molecule has 0 saturated heterocycles. The molecule has 6 nitrogen and oxygen atoms in total. The molecule has 0 bridgehead atoms. The fourth-order valence-corrected chi connectivity index (χ4v) is 2.70. The van der Waals surface area contributed by atoms with Crippen LogP contribution in [-0.2, 0) is 9.53 Å². The molecule has 0 aliphatic carbocycles. The van der Waals surface area contributed by atoms with Gasteiger partial charge in [0.2, 0.25) is 5.88 Å². The number of ketones is 1. The van der Waals surface area contributed by atoms with Crippen molar-refractivity contribution >= 4 is 5.78 Å². The molecule has 1 aromatic carbocycles. The average Bonchev–Trinajstić information content (AvgIpc) is 2.53. The van der Waals surface area contributed by atoms with E-state index >= 15 is 0 Å². The zero-order valence-corrected chi connectivity index (χ0v) is 13.5. The lowest BCUT2D eigenvalue weighted by Gasteiger charge is -2.27. The first-order chi connectivity index (χ1) is 10.9. The standard InChI is InChI=1S/C17H18N2O4/c1-9(20)15-10(2)23-17(19)13(8-18)16(15)12-6-5-11(21-3)7-14(12)22-4/h5-7,16H,19H2,1-4H3/t16-/m1/s1. The van der Waals surface area contributed by atoms with Crippen LogP contribution in [0.1, 0.15) is 25.3 Å². The van der Waals surface area contributed by atoms with Gasteiger partial charge in [-0.1, -0.05) is 6.07 Å². The zero-order valence-electron chi connectivity index (χ0n) is 13.5. The number of ether oxygens (including phenoxy) is 3. The molecule has 2 N–H and O–H groups in total. The molecule has 0 fully saturated rings. The molecule has 1 aromatic rings. The Kier molecular flexibility index (Phi) is 4.60. The number of carbonyl (C=O) groups is 1. The monoisotopic (exact) mass is 314 g/mol. The van der Waals surface area contributed by atoms with Gasteiger partial charge in [0.1, 0.15) is 28.9 Å².